The van der Waals surface area contributed by atoms with Gasteiger partial charge in [-0.3, -0.25) is 9.78 Å². The van der Waals surface area contributed by atoms with Crippen molar-refractivity contribution in [3.63, 3.8) is 0 Å². The number of rotatable bonds is 1. The Balaban J connectivity index is 0.000000131. The molecule has 5 rings (SSSR count). The minimum absolute atomic E-state index is 0.391. The molecule has 2 bridgehead atoms. The quantitative estimate of drug-likeness (QED) is 0.877. The van der Waals surface area contributed by atoms with Crippen molar-refractivity contribution in [3.05, 3.63) is 29.3 Å². The number of nitrogens with zero attached hydrogens (tertiary/aromatic N) is 2. The Labute approximate surface area is 122 Å². The molecule has 0 radical (unpaired) electrons. The molecule has 0 spiro atoms. The van der Waals surface area contributed by atoms with E-state index in [1.807, 2.05) is 12.1 Å². The van der Waals surface area contributed by atoms with Crippen LogP contribution in [0.15, 0.2) is 24.4 Å². The molecule has 5 heteroatoms. The summed E-state index contributed by atoms with van der Waals surface area (Å²) in [6, 6.07) is 5.46. The normalized spacial score (nSPS) is 24.2. The number of pyridine rings is 1. The van der Waals surface area contributed by atoms with Gasteiger partial charge in [0.15, 0.2) is 0 Å². The Bertz CT molecular complexity index is 546. The summed E-state index contributed by atoms with van der Waals surface area (Å²) in [6.07, 6.45) is 6.15. The molecule has 0 unspecified atom stereocenters. The number of carbonyl (C=O) groups is 1. The van der Waals surface area contributed by atoms with E-state index >= 15 is 0 Å². The number of primary amides is 1. The van der Waals surface area contributed by atoms with Gasteiger partial charge in [-0.25, -0.2) is 0 Å². The Kier molecular flexibility index (Phi) is 3.98. The van der Waals surface area contributed by atoms with Gasteiger partial charge in [0.2, 0.25) is 0 Å². The van der Waals surface area contributed by atoms with E-state index < -0.39 is 5.91 Å². The van der Waals surface area contributed by atoms with E-state index in [0.717, 1.165) is 16.1 Å². The van der Waals surface area contributed by atoms with Crippen molar-refractivity contribution in [2.75, 3.05) is 19.6 Å². The van der Waals surface area contributed by atoms with Crippen molar-refractivity contribution in [1.29, 1.82) is 0 Å². The molecular weight excluding hydrogens is 270 g/mol. The molecular formula is C15H19N3OS. The molecule has 0 aromatic carbocycles. The summed E-state index contributed by atoms with van der Waals surface area (Å²) in [5.41, 5.74) is 5.95. The van der Waals surface area contributed by atoms with Gasteiger partial charge in [0, 0.05) is 6.20 Å². The van der Waals surface area contributed by atoms with Crippen LogP contribution in [0.25, 0.3) is 10.2 Å². The van der Waals surface area contributed by atoms with Crippen LogP contribution in [0.4, 0.5) is 0 Å². The zero-order valence-electron chi connectivity index (χ0n) is 11.4. The molecule has 3 aliphatic rings. The second-order valence-corrected chi connectivity index (χ2v) is 6.52. The number of hydrogen-bond acceptors (Lipinski definition) is 4. The number of hydrogen-bond donors (Lipinski definition) is 1. The van der Waals surface area contributed by atoms with E-state index in [1.165, 1.54) is 50.2 Å². The van der Waals surface area contributed by atoms with E-state index in [4.69, 9.17) is 5.73 Å². The third-order valence-electron chi connectivity index (χ3n) is 4.09. The predicted molar refractivity (Wildman–Crippen MR) is 81.9 cm³/mol. The summed E-state index contributed by atoms with van der Waals surface area (Å²) in [7, 11) is 0. The monoisotopic (exact) mass is 289 g/mol. The van der Waals surface area contributed by atoms with Gasteiger partial charge >= 0.3 is 0 Å². The first-order chi connectivity index (χ1) is 9.72. The van der Waals surface area contributed by atoms with Gasteiger partial charge in [-0.2, -0.15) is 0 Å². The third kappa shape index (κ3) is 2.99. The van der Waals surface area contributed by atoms with E-state index in [0.29, 0.717) is 4.88 Å². The number of aromatic nitrogens is 1. The zero-order chi connectivity index (χ0) is 13.9. The highest BCUT2D eigenvalue weighted by atomic mass is 32.1. The second kappa shape index (κ2) is 5.89. The van der Waals surface area contributed by atoms with Crippen LogP contribution in [0.1, 0.15) is 28.9 Å². The topological polar surface area (TPSA) is 59.2 Å². The minimum Gasteiger partial charge on any atom is -0.365 e. The first kappa shape index (κ1) is 13.5. The van der Waals surface area contributed by atoms with Crippen molar-refractivity contribution >= 4 is 27.5 Å². The summed E-state index contributed by atoms with van der Waals surface area (Å²) in [6.45, 7) is 4.18. The van der Waals surface area contributed by atoms with Crippen LogP contribution in [0.5, 0.6) is 0 Å². The first-order valence-electron chi connectivity index (χ1n) is 7.09. The largest absolute Gasteiger partial charge is 0.365 e. The van der Waals surface area contributed by atoms with Crippen LogP contribution in [0.2, 0.25) is 0 Å². The average molecular weight is 289 g/mol. The molecule has 20 heavy (non-hydrogen) atoms. The van der Waals surface area contributed by atoms with Crippen molar-refractivity contribution in [2.24, 2.45) is 11.7 Å². The van der Waals surface area contributed by atoms with Crippen molar-refractivity contribution in [1.82, 2.24) is 9.88 Å². The number of amides is 1. The van der Waals surface area contributed by atoms with E-state index in [1.54, 1.807) is 12.3 Å². The van der Waals surface area contributed by atoms with Crippen LogP contribution in [0, 0.1) is 5.92 Å². The average Bonchev–Trinajstić information content (AvgIpc) is 2.94. The predicted octanol–water partition coefficient (Wildman–Crippen LogP) is 2.50. The molecule has 0 atom stereocenters. The molecule has 2 N–H and O–H groups in total. The lowest BCUT2D eigenvalue weighted by Gasteiger charge is -2.38. The highest BCUT2D eigenvalue weighted by molar-refractivity contribution is 7.20. The fraction of sp³-hybridized carbons (Fsp3) is 0.467. The molecule has 0 aliphatic carbocycles. The van der Waals surface area contributed by atoms with Crippen LogP contribution in [-0.2, 0) is 0 Å². The molecule has 3 aliphatic heterocycles. The number of piperidine rings is 3. The van der Waals surface area contributed by atoms with Crippen molar-refractivity contribution < 1.29 is 4.79 Å². The SMILES string of the molecule is C1CN2CCC1CC2.NC(=O)c1cc2ncccc2s1. The van der Waals surface area contributed by atoms with Gasteiger partial charge in [-0.1, -0.05) is 0 Å². The Morgan fingerprint density at radius 1 is 1.30 bits per heavy atom. The third-order valence-corrected chi connectivity index (χ3v) is 5.20. The highest BCUT2D eigenvalue weighted by Gasteiger charge is 2.24. The van der Waals surface area contributed by atoms with Gasteiger partial charge in [0.25, 0.3) is 5.91 Å². The van der Waals surface area contributed by atoms with E-state index in [2.05, 4.69) is 9.88 Å². The van der Waals surface area contributed by atoms with Crippen LogP contribution < -0.4 is 5.73 Å². The van der Waals surface area contributed by atoms with Gasteiger partial charge in [-0.15, -0.1) is 11.3 Å². The van der Waals surface area contributed by atoms with E-state index in [9.17, 15) is 4.79 Å². The number of fused-ring (bicyclic) bond motifs is 4. The zero-order valence-corrected chi connectivity index (χ0v) is 12.2. The Morgan fingerprint density at radius 3 is 2.45 bits per heavy atom. The Morgan fingerprint density at radius 2 is 2.00 bits per heavy atom. The molecule has 106 valence electrons. The lowest BCUT2D eigenvalue weighted by Crippen LogP contribution is -2.41. The molecule has 5 heterocycles. The Hall–Kier alpha value is -1.46. The summed E-state index contributed by atoms with van der Waals surface area (Å²) >= 11 is 1.37. The summed E-state index contributed by atoms with van der Waals surface area (Å²) in [5.74, 6) is 0.720. The van der Waals surface area contributed by atoms with Crippen molar-refractivity contribution in [3.8, 4) is 0 Å². The number of thiophene rings is 1. The molecule has 4 nitrogen and oxygen atoms in total. The second-order valence-electron chi connectivity index (χ2n) is 5.44. The van der Waals surface area contributed by atoms with Crippen LogP contribution in [-0.4, -0.2) is 35.4 Å². The first-order valence-corrected chi connectivity index (χ1v) is 7.91. The van der Waals surface area contributed by atoms with Gasteiger partial charge in [-0.05, 0) is 63.0 Å². The molecule has 2 aromatic rings. The summed E-state index contributed by atoms with van der Waals surface area (Å²) in [4.78, 5) is 18.0. The van der Waals surface area contributed by atoms with Gasteiger partial charge < -0.3 is 10.6 Å². The summed E-state index contributed by atoms with van der Waals surface area (Å²) in [5, 5.41) is 0. The molecule has 1 amide bonds. The smallest absolute Gasteiger partial charge is 0.258 e. The fourth-order valence-electron chi connectivity index (χ4n) is 2.85. The lowest BCUT2D eigenvalue weighted by atomic mass is 9.89. The molecule has 2 aromatic heterocycles. The standard InChI is InChI=1S/C8H6N2OS.C7H13N/c9-8(11)7-4-5-6(12-7)2-1-3-10-5;1-4-8-5-2-7(1)3-6-8/h1-4H,(H2,9,11);7H,1-6H2. The maximum absolute atomic E-state index is 10.8. The van der Waals surface area contributed by atoms with Crippen LogP contribution >= 0.6 is 11.3 Å². The molecule has 3 fully saturated rings. The van der Waals surface area contributed by atoms with Gasteiger partial charge in [0.1, 0.15) is 0 Å². The molecule has 0 saturated carbocycles. The fourth-order valence-corrected chi connectivity index (χ4v) is 3.73. The highest BCUT2D eigenvalue weighted by Crippen LogP contribution is 2.26. The maximum Gasteiger partial charge on any atom is 0.258 e. The van der Waals surface area contributed by atoms with E-state index in [-0.39, 0.29) is 0 Å². The molecule has 3 saturated heterocycles. The lowest BCUT2D eigenvalue weighted by molar-refractivity contribution is 0.100. The number of carbonyl (C=O) groups excluding carboxylic acids is 1. The van der Waals surface area contributed by atoms with Crippen LogP contribution in [0.3, 0.4) is 0 Å². The van der Waals surface area contributed by atoms with Crippen molar-refractivity contribution in [2.45, 2.75) is 19.3 Å². The van der Waals surface area contributed by atoms with Gasteiger partial charge in [0.05, 0.1) is 15.1 Å². The maximum atomic E-state index is 10.8. The summed E-state index contributed by atoms with van der Waals surface area (Å²) < 4.78 is 0.992. The minimum atomic E-state index is -0.391. The number of nitrogens with two attached hydrogens (primary N) is 1.